The Kier molecular flexibility index (Phi) is 3.93. The molecule has 1 fully saturated rings. The molecule has 0 spiro atoms. The van der Waals surface area contributed by atoms with Gasteiger partial charge in [-0.3, -0.25) is 9.59 Å². The minimum atomic E-state index is -0.447. The number of Topliss-reactive ketones (excluding diaryl/α,β-unsaturated/α-hetero) is 1. The van der Waals surface area contributed by atoms with Gasteiger partial charge in [-0.1, -0.05) is 13.3 Å². The number of hydrogen-bond acceptors (Lipinski definition) is 3. The first-order valence-corrected chi connectivity index (χ1v) is 4.95. The molecule has 0 aromatic heterocycles. The van der Waals surface area contributed by atoms with Crippen LogP contribution >= 0.6 is 0 Å². The highest BCUT2D eigenvalue weighted by Crippen LogP contribution is 2.22. The van der Waals surface area contributed by atoms with Crippen molar-refractivity contribution in [3.8, 4) is 0 Å². The van der Waals surface area contributed by atoms with Gasteiger partial charge >= 0.3 is 5.97 Å². The van der Waals surface area contributed by atoms with Gasteiger partial charge in [0.05, 0.1) is 6.61 Å². The third-order valence-electron chi connectivity index (χ3n) is 2.33. The van der Waals surface area contributed by atoms with Crippen LogP contribution in [0, 0.1) is 5.92 Å². The summed E-state index contributed by atoms with van der Waals surface area (Å²) in [6.07, 6.45) is 3.96. The number of carbonyl (C=O) groups is 2. The second-order valence-electron chi connectivity index (χ2n) is 3.43. The van der Waals surface area contributed by atoms with Crippen LogP contribution in [0.2, 0.25) is 0 Å². The number of unbranched alkanes of at least 4 members (excludes halogenated alkanes) is 1. The van der Waals surface area contributed by atoms with E-state index in [0.717, 1.165) is 19.3 Å². The van der Waals surface area contributed by atoms with E-state index in [9.17, 15) is 9.59 Å². The Balaban J connectivity index is 2.26. The normalized spacial score (nSPS) is 21.9. The van der Waals surface area contributed by atoms with E-state index >= 15 is 0 Å². The van der Waals surface area contributed by atoms with Gasteiger partial charge in [-0.2, -0.15) is 0 Å². The fraction of sp³-hybridized carbons (Fsp3) is 0.800. The van der Waals surface area contributed by atoms with Gasteiger partial charge in [0.15, 0.2) is 0 Å². The maximum Gasteiger partial charge on any atom is 0.316 e. The van der Waals surface area contributed by atoms with Crippen LogP contribution < -0.4 is 0 Å². The summed E-state index contributed by atoms with van der Waals surface area (Å²) < 4.78 is 4.98. The molecule has 0 saturated heterocycles. The number of esters is 1. The zero-order valence-electron chi connectivity index (χ0n) is 8.04. The summed E-state index contributed by atoms with van der Waals surface area (Å²) in [5, 5.41) is 0. The number of rotatable bonds is 4. The van der Waals surface area contributed by atoms with Crippen molar-refractivity contribution in [1.82, 2.24) is 0 Å². The van der Waals surface area contributed by atoms with Gasteiger partial charge in [-0.25, -0.2) is 0 Å². The Morgan fingerprint density at radius 3 is 2.92 bits per heavy atom. The van der Waals surface area contributed by atoms with Crippen molar-refractivity contribution in [2.75, 3.05) is 6.61 Å². The molecular formula is C10H16O3. The van der Waals surface area contributed by atoms with Crippen molar-refractivity contribution in [3.63, 3.8) is 0 Å². The van der Waals surface area contributed by atoms with E-state index in [1.54, 1.807) is 0 Å². The summed E-state index contributed by atoms with van der Waals surface area (Å²) in [5.74, 6) is -0.700. The molecule has 13 heavy (non-hydrogen) atoms. The van der Waals surface area contributed by atoms with Crippen LogP contribution in [-0.2, 0) is 14.3 Å². The van der Waals surface area contributed by atoms with Crippen LogP contribution in [0.4, 0.5) is 0 Å². The van der Waals surface area contributed by atoms with Crippen LogP contribution in [0.15, 0.2) is 0 Å². The van der Waals surface area contributed by atoms with Crippen molar-refractivity contribution >= 4 is 11.8 Å². The van der Waals surface area contributed by atoms with Crippen molar-refractivity contribution in [1.29, 1.82) is 0 Å². The minimum absolute atomic E-state index is 0.0569. The Labute approximate surface area is 78.5 Å². The summed E-state index contributed by atoms with van der Waals surface area (Å²) >= 11 is 0. The third-order valence-corrected chi connectivity index (χ3v) is 2.33. The molecule has 0 bridgehead atoms. The molecule has 0 aliphatic heterocycles. The van der Waals surface area contributed by atoms with E-state index < -0.39 is 5.92 Å². The Hall–Kier alpha value is -0.860. The SMILES string of the molecule is CCCCOC(=O)[C@H]1CCCC1=O. The standard InChI is InChI=1S/C10H16O3/c1-2-3-7-13-10(12)8-5-4-6-9(8)11/h8H,2-7H2,1H3/t8-/m0/s1. The fourth-order valence-electron chi connectivity index (χ4n) is 1.48. The molecule has 1 atom stereocenters. The lowest BCUT2D eigenvalue weighted by molar-refractivity contribution is -0.151. The number of ketones is 1. The molecule has 1 aliphatic rings. The maximum atomic E-state index is 11.3. The lowest BCUT2D eigenvalue weighted by Gasteiger charge is -2.07. The van der Waals surface area contributed by atoms with Gasteiger partial charge in [0.25, 0.3) is 0 Å². The predicted molar refractivity (Wildman–Crippen MR) is 48.2 cm³/mol. The van der Waals surface area contributed by atoms with E-state index in [1.165, 1.54) is 0 Å². The Bertz CT molecular complexity index is 198. The minimum Gasteiger partial charge on any atom is -0.465 e. The van der Waals surface area contributed by atoms with Crippen molar-refractivity contribution in [3.05, 3.63) is 0 Å². The predicted octanol–water partition coefficient (Wildman–Crippen LogP) is 1.70. The highest BCUT2D eigenvalue weighted by molar-refractivity contribution is 6.00. The van der Waals surface area contributed by atoms with Gasteiger partial charge in [-0.15, -0.1) is 0 Å². The lowest BCUT2D eigenvalue weighted by Crippen LogP contribution is -2.21. The maximum absolute atomic E-state index is 11.3. The van der Waals surface area contributed by atoms with Gasteiger partial charge in [-0.05, 0) is 19.3 Å². The Morgan fingerprint density at radius 2 is 2.38 bits per heavy atom. The molecule has 3 heteroatoms. The van der Waals surface area contributed by atoms with Crippen LogP contribution in [0.25, 0.3) is 0 Å². The van der Waals surface area contributed by atoms with Gasteiger partial charge in [0.2, 0.25) is 0 Å². The largest absolute Gasteiger partial charge is 0.465 e. The molecule has 0 amide bonds. The fourth-order valence-corrected chi connectivity index (χ4v) is 1.48. The average molecular weight is 184 g/mol. The van der Waals surface area contributed by atoms with Gasteiger partial charge in [0.1, 0.15) is 11.7 Å². The van der Waals surface area contributed by atoms with E-state index in [0.29, 0.717) is 19.4 Å². The van der Waals surface area contributed by atoms with Crippen molar-refractivity contribution in [2.45, 2.75) is 39.0 Å². The zero-order chi connectivity index (χ0) is 9.68. The van der Waals surface area contributed by atoms with E-state index in [-0.39, 0.29) is 11.8 Å². The topological polar surface area (TPSA) is 43.4 Å². The molecule has 1 rings (SSSR count). The Morgan fingerprint density at radius 1 is 1.62 bits per heavy atom. The molecule has 0 unspecified atom stereocenters. The van der Waals surface area contributed by atoms with Gasteiger partial charge in [0, 0.05) is 6.42 Å². The van der Waals surface area contributed by atoms with Crippen LogP contribution in [0.1, 0.15) is 39.0 Å². The second kappa shape index (κ2) is 5.00. The van der Waals surface area contributed by atoms with Crippen LogP contribution in [0.3, 0.4) is 0 Å². The van der Waals surface area contributed by atoms with E-state index in [1.807, 2.05) is 6.92 Å². The molecule has 0 aromatic carbocycles. The molecule has 0 radical (unpaired) electrons. The molecule has 3 nitrogen and oxygen atoms in total. The lowest BCUT2D eigenvalue weighted by atomic mass is 10.1. The zero-order valence-corrected chi connectivity index (χ0v) is 8.04. The monoisotopic (exact) mass is 184 g/mol. The smallest absolute Gasteiger partial charge is 0.316 e. The summed E-state index contributed by atoms with van der Waals surface area (Å²) in [6.45, 7) is 2.49. The molecule has 0 aromatic rings. The van der Waals surface area contributed by atoms with Crippen molar-refractivity contribution < 1.29 is 14.3 Å². The summed E-state index contributed by atoms with van der Waals surface area (Å²) in [7, 11) is 0. The van der Waals surface area contributed by atoms with Crippen LogP contribution in [0.5, 0.6) is 0 Å². The number of carbonyl (C=O) groups excluding carboxylic acids is 2. The average Bonchev–Trinajstić information content (AvgIpc) is 2.52. The number of hydrogen-bond donors (Lipinski definition) is 0. The van der Waals surface area contributed by atoms with E-state index in [4.69, 9.17) is 4.74 Å². The third kappa shape index (κ3) is 2.83. The van der Waals surface area contributed by atoms with Crippen LogP contribution in [-0.4, -0.2) is 18.4 Å². The second-order valence-corrected chi connectivity index (χ2v) is 3.43. The first-order chi connectivity index (χ1) is 6.25. The molecule has 0 heterocycles. The quantitative estimate of drug-likeness (QED) is 0.379. The first-order valence-electron chi connectivity index (χ1n) is 4.95. The summed E-state index contributed by atoms with van der Waals surface area (Å²) in [5.41, 5.74) is 0. The molecule has 0 N–H and O–H groups in total. The van der Waals surface area contributed by atoms with Crippen molar-refractivity contribution in [2.24, 2.45) is 5.92 Å². The molecule has 74 valence electrons. The molecule has 1 aliphatic carbocycles. The highest BCUT2D eigenvalue weighted by Gasteiger charge is 2.31. The number of ether oxygens (including phenoxy) is 1. The summed E-state index contributed by atoms with van der Waals surface area (Å²) in [6, 6.07) is 0. The highest BCUT2D eigenvalue weighted by atomic mass is 16.5. The summed E-state index contributed by atoms with van der Waals surface area (Å²) in [4.78, 5) is 22.4. The molecule has 1 saturated carbocycles. The van der Waals surface area contributed by atoms with E-state index in [2.05, 4.69) is 0 Å². The van der Waals surface area contributed by atoms with Gasteiger partial charge < -0.3 is 4.74 Å². The molecular weight excluding hydrogens is 168 g/mol. The first kappa shape index (κ1) is 10.2.